The van der Waals surface area contributed by atoms with Gasteiger partial charge in [0.1, 0.15) is 12.4 Å². The van der Waals surface area contributed by atoms with E-state index in [1.165, 1.54) is 0 Å². The molecule has 0 unspecified atom stereocenters. The first-order chi connectivity index (χ1) is 9.63. The maximum absolute atomic E-state index is 9.02. The molecule has 0 aliphatic carbocycles. The monoisotopic (exact) mass is 271 g/mol. The van der Waals surface area contributed by atoms with Crippen molar-refractivity contribution in [2.45, 2.75) is 33.6 Å². The summed E-state index contributed by atoms with van der Waals surface area (Å²) >= 11 is 0. The van der Waals surface area contributed by atoms with Crippen LogP contribution in [0.1, 0.15) is 27.8 Å². The quantitative estimate of drug-likeness (QED) is 0.879. The second kappa shape index (κ2) is 6.55. The van der Waals surface area contributed by atoms with Crippen LogP contribution >= 0.6 is 0 Å². The molecule has 2 rings (SSSR count). The number of aliphatic hydroxyl groups excluding tert-OH is 1. The Labute approximate surface area is 120 Å². The summed E-state index contributed by atoms with van der Waals surface area (Å²) in [6, 6.07) is 11.9. The number of aryl methyl sites for hydroxylation is 2. The fourth-order valence-electron chi connectivity index (χ4n) is 2.28. The summed E-state index contributed by atoms with van der Waals surface area (Å²) in [4.78, 5) is 0. The van der Waals surface area contributed by atoms with Gasteiger partial charge in [-0.25, -0.2) is 0 Å². The van der Waals surface area contributed by atoms with Crippen molar-refractivity contribution in [3.63, 3.8) is 0 Å². The van der Waals surface area contributed by atoms with Crippen LogP contribution in [0.3, 0.4) is 0 Å². The van der Waals surface area contributed by atoms with Crippen LogP contribution in [0.25, 0.3) is 0 Å². The van der Waals surface area contributed by atoms with E-state index in [1.807, 2.05) is 38.1 Å². The Bertz CT molecular complexity index is 553. The zero-order chi connectivity index (χ0) is 14.5. The van der Waals surface area contributed by atoms with Gasteiger partial charge in [0.25, 0.3) is 0 Å². The number of aliphatic hydroxyl groups is 1. The van der Waals surface area contributed by atoms with Gasteiger partial charge in [-0.05, 0) is 41.7 Å². The van der Waals surface area contributed by atoms with Crippen molar-refractivity contribution in [2.24, 2.45) is 5.73 Å². The molecular formula is C17H21NO2. The second-order valence-electron chi connectivity index (χ2n) is 5.03. The van der Waals surface area contributed by atoms with Crippen LogP contribution in [-0.2, 0) is 19.8 Å². The predicted molar refractivity (Wildman–Crippen MR) is 80.5 cm³/mol. The number of rotatable bonds is 5. The lowest BCUT2D eigenvalue weighted by Gasteiger charge is -2.14. The van der Waals surface area contributed by atoms with Gasteiger partial charge in [0.05, 0.1) is 6.61 Å². The van der Waals surface area contributed by atoms with Crippen molar-refractivity contribution < 1.29 is 9.84 Å². The first-order valence-corrected chi connectivity index (χ1v) is 6.75. The third-order valence-electron chi connectivity index (χ3n) is 3.34. The van der Waals surface area contributed by atoms with Crippen molar-refractivity contribution in [3.05, 3.63) is 64.2 Å². The van der Waals surface area contributed by atoms with Crippen molar-refractivity contribution in [3.8, 4) is 5.75 Å². The molecule has 0 aliphatic heterocycles. The molecule has 3 nitrogen and oxygen atoms in total. The number of hydrogen-bond acceptors (Lipinski definition) is 3. The van der Waals surface area contributed by atoms with E-state index in [9.17, 15) is 0 Å². The maximum atomic E-state index is 9.02. The molecule has 0 fully saturated rings. The molecule has 2 aromatic rings. The van der Waals surface area contributed by atoms with Crippen molar-refractivity contribution >= 4 is 0 Å². The number of nitrogens with two attached hydrogens (primary N) is 1. The van der Waals surface area contributed by atoms with Crippen molar-refractivity contribution in [2.75, 3.05) is 0 Å². The standard InChI is InChI=1S/C17H21NO2/c1-12-7-16(9-18)8-13(2)17(12)20-11-15-5-3-14(10-19)4-6-15/h3-8,19H,9-11,18H2,1-2H3. The normalized spacial score (nSPS) is 10.6. The molecule has 0 saturated carbocycles. The summed E-state index contributed by atoms with van der Waals surface area (Å²) in [6.45, 7) is 5.21. The van der Waals surface area contributed by atoms with Crippen LogP contribution < -0.4 is 10.5 Å². The molecule has 20 heavy (non-hydrogen) atoms. The Balaban J connectivity index is 2.10. The van der Waals surface area contributed by atoms with E-state index in [-0.39, 0.29) is 6.61 Å². The molecular weight excluding hydrogens is 250 g/mol. The Morgan fingerprint density at radius 2 is 1.50 bits per heavy atom. The third-order valence-corrected chi connectivity index (χ3v) is 3.34. The van der Waals surface area contributed by atoms with Gasteiger partial charge in [-0.15, -0.1) is 0 Å². The van der Waals surface area contributed by atoms with Crippen LogP contribution in [0.5, 0.6) is 5.75 Å². The lowest BCUT2D eigenvalue weighted by atomic mass is 10.1. The number of ether oxygens (including phenoxy) is 1. The highest BCUT2D eigenvalue weighted by Gasteiger charge is 2.06. The number of hydrogen-bond donors (Lipinski definition) is 2. The van der Waals surface area contributed by atoms with Crippen LogP contribution in [-0.4, -0.2) is 5.11 Å². The molecule has 0 amide bonds. The minimum absolute atomic E-state index is 0.0693. The van der Waals surface area contributed by atoms with Gasteiger partial charge in [-0.1, -0.05) is 36.4 Å². The van der Waals surface area contributed by atoms with Gasteiger partial charge in [0, 0.05) is 6.54 Å². The highest BCUT2D eigenvalue weighted by Crippen LogP contribution is 2.25. The topological polar surface area (TPSA) is 55.5 Å². The SMILES string of the molecule is Cc1cc(CN)cc(C)c1OCc1ccc(CO)cc1. The second-order valence-corrected chi connectivity index (χ2v) is 5.03. The van der Waals surface area contributed by atoms with Crippen LogP contribution in [0.4, 0.5) is 0 Å². The van der Waals surface area contributed by atoms with Gasteiger partial charge in [0.15, 0.2) is 0 Å². The Kier molecular flexibility index (Phi) is 4.77. The minimum Gasteiger partial charge on any atom is -0.488 e. The summed E-state index contributed by atoms with van der Waals surface area (Å²) in [7, 11) is 0. The molecule has 0 saturated heterocycles. The fraction of sp³-hybridized carbons (Fsp3) is 0.294. The van der Waals surface area contributed by atoms with Gasteiger partial charge in [0.2, 0.25) is 0 Å². The van der Waals surface area contributed by atoms with E-state index in [2.05, 4.69) is 12.1 Å². The zero-order valence-corrected chi connectivity index (χ0v) is 12.0. The molecule has 0 aromatic heterocycles. The Hall–Kier alpha value is -1.84. The molecule has 0 radical (unpaired) electrons. The lowest BCUT2D eigenvalue weighted by Crippen LogP contribution is -2.02. The van der Waals surface area contributed by atoms with E-state index in [0.717, 1.165) is 33.6 Å². The van der Waals surface area contributed by atoms with Gasteiger partial charge >= 0.3 is 0 Å². The van der Waals surface area contributed by atoms with E-state index in [0.29, 0.717) is 13.2 Å². The molecule has 0 spiro atoms. The minimum atomic E-state index is 0.0693. The molecule has 3 N–H and O–H groups in total. The largest absolute Gasteiger partial charge is 0.488 e. The Morgan fingerprint density at radius 3 is 2.00 bits per heavy atom. The van der Waals surface area contributed by atoms with E-state index in [4.69, 9.17) is 15.6 Å². The summed E-state index contributed by atoms with van der Waals surface area (Å²) in [6.07, 6.45) is 0. The average molecular weight is 271 g/mol. The summed E-state index contributed by atoms with van der Waals surface area (Å²) in [5, 5.41) is 9.02. The van der Waals surface area contributed by atoms with Crippen LogP contribution in [0, 0.1) is 13.8 Å². The average Bonchev–Trinajstić information content (AvgIpc) is 2.46. The highest BCUT2D eigenvalue weighted by atomic mass is 16.5. The highest BCUT2D eigenvalue weighted by molar-refractivity contribution is 5.43. The molecule has 2 aromatic carbocycles. The van der Waals surface area contributed by atoms with E-state index < -0.39 is 0 Å². The first kappa shape index (κ1) is 14.6. The van der Waals surface area contributed by atoms with Gasteiger partial charge in [-0.3, -0.25) is 0 Å². The van der Waals surface area contributed by atoms with Crippen LogP contribution in [0.2, 0.25) is 0 Å². The fourth-order valence-corrected chi connectivity index (χ4v) is 2.28. The first-order valence-electron chi connectivity index (χ1n) is 6.75. The summed E-state index contributed by atoms with van der Waals surface area (Å²) in [5.74, 6) is 0.924. The van der Waals surface area contributed by atoms with Crippen molar-refractivity contribution in [1.29, 1.82) is 0 Å². The predicted octanol–water partition coefficient (Wildman–Crippen LogP) is 2.83. The van der Waals surface area contributed by atoms with Gasteiger partial charge in [-0.2, -0.15) is 0 Å². The maximum Gasteiger partial charge on any atom is 0.125 e. The molecule has 0 atom stereocenters. The molecule has 0 heterocycles. The zero-order valence-electron chi connectivity index (χ0n) is 12.0. The molecule has 106 valence electrons. The van der Waals surface area contributed by atoms with Gasteiger partial charge < -0.3 is 15.6 Å². The lowest BCUT2D eigenvalue weighted by molar-refractivity contribution is 0.281. The Morgan fingerprint density at radius 1 is 0.950 bits per heavy atom. The summed E-state index contributed by atoms with van der Waals surface area (Å²) in [5.41, 5.74) is 11.0. The smallest absolute Gasteiger partial charge is 0.125 e. The summed E-state index contributed by atoms with van der Waals surface area (Å²) < 4.78 is 5.92. The van der Waals surface area contributed by atoms with Crippen LogP contribution in [0.15, 0.2) is 36.4 Å². The third kappa shape index (κ3) is 3.38. The molecule has 3 heteroatoms. The molecule has 0 bridgehead atoms. The van der Waals surface area contributed by atoms with E-state index >= 15 is 0 Å². The number of benzene rings is 2. The van der Waals surface area contributed by atoms with Crippen molar-refractivity contribution in [1.82, 2.24) is 0 Å². The molecule has 0 aliphatic rings. The van der Waals surface area contributed by atoms with E-state index in [1.54, 1.807) is 0 Å².